The number of hydrogen-bond donors (Lipinski definition) is 0. The zero-order chi connectivity index (χ0) is 21.3. The molecule has 2 aromatic carbocycles. The van der Waals surface area contributed by atoms with E-state index in [1.807, 2.05) is 18.4 Å². The summed E-state index contributed by atoms with van der Waals surface area (Å²) in [5, 5.41) is 10.9. The second-order valence-electron chi connectivity index (χ2n) is 6.45. The Kier molecular flexibility index (Phi) is 5.69. The number of ether oxygens (including phenoxy) is 2. The smallest absolute Gasteiger partial charge is 0.359 e. The van der Waals surface area contributed by atoms with Crippen LogP contribution in [0.4, 0.5) is 5.69 Å². The number of hydrogen-bond acceptors (Lipinski definition) is 8. The highest BCUT2D eigenvalue weighted by atomic mass is 32.2. The second-order valence-corrected chi connectivity index (χ2v) is 8.48. The van der Waals surface area contributed by atoms with E-state index in [1.165, 1.54) is 40.9 Å². The first kappa shape index (κ1) is 20.3. The van der Waals surface area contributed by atoms with E-state index >= 15 is 0 Å². The van der Waals surface area contributed by atoms with E-state index in [0.29, 0.717) is 22.8 Å². The first-order chi connectivity index (χ1) is 14.5. The van der Waals surface area contributed by atoms with Gasteiger partial charge in [-0.25, -0.2) is 4.79 Å². The van der Waals surface area contributed by atoms with Crippen LogP contribution in [-0.4, -0.2) is 33.3 Å². The number of nitro benzene ring substituents is 1. The largest absolute Gasteiger partial charge is 0.456 e. The van der Waals surface area contributed by atoms with Gasteiger partial charge in [0.25, 0.3) is 5.69 Å². The molecule has 0 aromatic heterocycles. The molecule has 4 rings (SSSR count). The lowest BCUT2D eigenvalue weighted by molar-refractivity contribution is -0.384. The zero-order valence-corrected chi connectivity index (χ0v) is 17.4. The normalized spacial score (nSPS) is 17.4. The fourth-order valence-corrected chi connectivity index (χ4v) is 4.61. The van der Waals surface area contributed by atoms with Crippen molar-refractivity contribution in [2.75, 3.05) is 6.26 Å². The number of fused-ring (bicyclic) bond motifs is 1. The van der Waals surface area contributed by atoms with Gasteiger partial charge >= 0.3 is 5.97 Å². The third kappa shape index (κ3) is 4.01. The molecule has 1 unspecified atom stereocenters. The van der Waals surface area contributed by atoms with Gasteiger partial charge in [0.1, 0.15) is 12.4 Å². The highest BCUT2D eigenvalue weighted by Gasteiger charge is 2.50. The molecule has 1 amide bonds. The van der Waals surface area contributed by atoms with E-state index in [2.05, 4.69) is 0 Å². The molecule has 2 aliphatic rings. The lowest BCUT2D eigenvalue weighted by atomic mass is 10.2. The first-order valence-corrected chi connectivity index (χ1v) is 11.0. The molecule has 10 heteroatoms. The summed E-state index contributed by atoms with van der Waals surface area (Å²) in [7, 11) is 0. The average Bonchev–Trinajstić information content (AvgIpc) is 3.04. The van der Waals surface area contributed by atoms with Crippen LogP contribution in [0.5, 0.6) is 5.75 Å². The van der Waals surface area contributed by atoms with Crippen molar-refractivity contribution < 1.29 is 24.0 Å². The molecule has 1 saturated heterocycles. The standard InChI is InChI=1S/C20H16N2O6S2/c1-29-15-8-6-14(7-9-15)28-20-18(21-16(23)10-17(21)30-20)19(24)27-11-12-2-4-13(5-3-12)22(25)26/h2-9,17H,10-11H2,1H3. The van der Waals surface area contributed by atoms with Crippen LogP contribution >= 0.6 is 23.5 Å². The van der Waals surface area contributed by atoms with Crippen molar-refractivity contribution in [2.45, 2.75) is 23.3 Å². The molecule has 2 aromatic rings. The Morgan fingerprint density at radius 3 is 2.53 bits per heavy atom. The first-order valence-electron chi connectivity index (χ1n) is 8.91. The van der Waals surface area contributed by atoms with Crippen molar-refractivity contribution in [3.8, 4) is 5.75 Å². The summed E-state index contributed by atoms with van der Waals surface area (Å²) in [6, 6.07) is 13.1. The maximum atomic E-state index is 12.8. The molecule has 0 saturated carbocycles. The predicted octanol–water partition coefficient (Wildman–Crippen LogP) is 3.91. The van der Waals surface area contributed by atoms with Gasteiger partial charge in [-0.05, 0) is 48.2 Å². The Hall–Kier alpha value is -2.98. The minimum atomic E-state index is -0.674. The lowest BCUT2D eigenvalue weighted by Gasteiger charge is -2.33. The summed E-state index contributed by atoms with van der Waals surface area (Å²) in [5.74, 6) is -0.274. The summed E-state index contributed by atoms with van der Waals surface area (Å²) in [6.45, 7) is -0.0760. The SMILES string of the molecule is CSc1ccc(OC2=C(C(=O)OCc3ccc([N+](=O)[O-])cc3)N3C(=O)CC3S2)cc1. The van der Waals surface area contributed by atoms with Crippen LogP contribution in [0.1, 0.15) is 12.0 Å². The van der Waals surface area contributed by atoms with Crippen molar-refractivity contribution in [3.63, 3.8) is 0 Å². The molecule has 0 N–H and O–H groups in total. The van der Waals surface area contributed by atoms with E-state index in [1.54, 1.807) is 23.9 Å². The van der Waals surface area contributed by atoms with Crippen LogP contribution < -0.4 is 4.74 Å². The molecule has 30 heavy (non-hydrogen) atoms. The maximum Gasteiger partial charge on any atom is 0.359 e. The van der Waals surface area contributed by atoms with Gasteiger partial charge in [-0.1, -0.05) is 11.8 Å². The lowest BCUT2D eigenvalue weighted by Crippen LogP contribution is -2.48. The summed E-state index contributed by atoms with van der Waals surface area (Å²) >= 11 is 2.92. The van der Waals surface area contributed by atoms with Gasteiger partial charge in [-0.3, -0.25) is 19.8 Å². The molecule has 154 valence electrons. The number of nitrogens with zero attached hydrogens (tertiary/aromatic N) is 2. The maximum absolute atomic E-state index is 12.8. The van der Waals surface area contributed by atoms with Crippen LogP contribution in [-0.2, 0) is 20.9 Å². The minimum Gasteiger partial charge on any atom is -0.456 e. The van der Waals surface area contributed by atoms with Crippen molar-refractivity contribution in [3.05, 3.63) is 75.0 Å². The van der Waals surface area contributed by atoms with E-state index in [4.69, 9.17) is 9.47 Å². The predicted molar refractivity (Wildman–Crippen MR) is 112 cm³/mol. The molecular formula is C20H16N2O6S2. The molecule has 2 aliphatic heterocycles. The fourth-order valence-electron chi connectivity index (χ4n) is 2.96. The minimum absolute atomic E-state index is 0.0443. The highest BCUT2D eigenvalue weighted by molar-refractivity contribution is 8.03. The molecular weight excluding hydrogens is 428 g/mol. The highest BCUT2D eigenvalue weighted by Crippen LogP contribution is 2.47. The second kappa shape index (κ2) is 8.41. The van der Waals surface area contributed by atoms with E-state index in [9.17, 15) is 19.7 Å². The van der Waals surface area contributed by atoms with Gasteiger partial charge < -0.3 is 9.47 Å². The van der Waals surface area contributed by atoms with Gasteiger partial charge in [-0.15, -0.1) is 11.8 Å². The molecule has 0 radical (unpaired) electrons. The molecule has 0 bridgehead atoms. The van der Waals surface area contributed by atoms with Crippen molar-refractivity contribution in [1.82, 2.24) is 4.90 Å². The third-order valence-corrected chi connectivity index (χ3v) is 6.45. The van der Waals surface area contributed by atoms with Crippen LogP contribution in [0.2, 0.25) is 0 Å². The van der Waals surface area contributed by atoms with Gasteiger partial charge in [-0.2, -0.15) is 0 Å². The summed E-state index contributed by atoms with van der Waals surface area (Å²) in [5.41, 5.74) is 0.649. The number of rotatable bonds is 7. The summed E-state index contributed by atoms with van der Waals surface area (Å²) < 4.78 is 11.3. The van der Waals surface area contributed by atoms with Crippen molar-refractivity contribution in [2.24, 2.45) is 0 Å². The van der Waals surface area contributed by atoms with Crippen LogP contribution in [0.15, 0.2) is 64.2 Å². The Bertz CT molecular complexity index is 1040. The number of esters is 1. The van der Waals surface area contributed by atoms with Crippen molar-refractivity contribution >= 4 is 41.1 Å². The summed E-state index contributed by atoms with van der Waals surface area (Å²) in [6.07, 6.45) is 2.31. The number of thioether (sulfide) groups is 2. The van der Waals surface area contributed by atoms with Crippen LogP contribution in [0.25, 0.3) is 0 Å². The number of nitro groups is 1. The molecule has 0 aliphatic carbocycles. The topological polar surface area (TPSA) is 99.0 Å². The van der Waals surface area contributed by atoms with E-state index in [0.717, 1.165) is 4.90 Å². The molecule has 8 nitrogen and oxygen atoms in total. The molecule has 1 fully saturated rings. The zero-order valence-electron chi connectivity index (χ0n) is 15.8. The number of benzene rings is 2. The number of carbonyl (C=O) groups excluding carboxylic acids is 2. The van der Waals surface area contributed by atoms with E-state index in [-0.39, 0.29) is 29.3 Å². The Morgan fingerprint density at radius 1 is 1.23 bits per heavy atom. The van der Waals surface area contributed by atoms with Crippen LogP contribution in [0, 0.1) is 10.1 Å². The molecule has 1 atom stereocenters. The van der Waals surface area contributed by atoms with Gasteiger partial charge in [0.05, 0.1) is 16.7 Å². The monoisotopic (exact) mass is 444 g/mol. The molecule has 2 heterocycles. The third-order valence-electron chi connectivity index (χ3n) is 4.56. The fraction of sp³-hybridized carbons (Fsp3) is 0.200. The average molecular weight is 444 g/mol. The quantitative estimate of drug-likeness (QED) is 0.208. The Balaban J connectivity index is 1.49. The van der Waals surface area contributed by atoms with Gasteiger partial charge in [0.15, 0.2) is 10.8 Å². The van der Waals surface area contributed by atoms with Crippen molar-refractivity contribution in [1.29, 1.82) is 0 Å². The number of amides is 1. The number of carbonyl (C=O) groups is 2. The van der Waals surface area contributed by atoms with Crippen LogP contribution in [0.3, 0.4) is 0 Å². The summed E-state index contributed by atoms with van der Waals surface area (Å²) in [4.78, 5) is 37.5. The Labute approximate surface area is 180 Å². The van der Waals surface area contributed by atoms with E-state index < -0.39 is 10.9 Å². The van der Waals surface area contributed by atoms with Gasteiger partial charge in [0, 0.05) is 17.0 Å². The Morgan fingerprint density at radius 2 is 1.93 bits per heavy atom. The molecule has 0 spiro atoms. The number of non-ortho nitro benzene ring substituents is 1. The number of β-lactam (4-membered cyclic amide) rings is 1. The van der Waals surface area contributed by atoms with Gasteiger partial charge in [0.2, 0.25) is 5.91 Å².